The van der Waals surface area contributed by atoms with Crippen molar-refractivity contribution >= 4 is 0 Å². The number of hydrogen-bond acceptors (Lipinski definition) is 6. The molecule has 3 aromatic rings. The van der Waals surface area contributed by atoms with Crippen molar-refractivity contribution in [2.75, 3.05) is 7.11 Å². The van der Waals surface area contributed by atoms with Crippen molar-refractivity contribution in [2.45, 2.75) is 0 Å². The van der Waals surface area contributed by atoms with Crippen LogP contribution in [-0.2, 0) is 0 Å². The molecule has 20 heavy (non-hydrogen) atoms. The van der Waals surface area contributed by atoms with Crippen molar-refractivity contribution in [3.05, 3.63) is 36.8 Å². The Morgan fingerprint density at radius 3 is 2.90 bits per heavy atom. The van der Waals surface area contributed by atoms with Crippen molar-refractivity contribution in [1.82, 2.24) is 25.1 Å². The van der Waals surface area contributed by atoms with Gasteiger partial charge in [-0.15, -0.1) is 0 Å². The highest BCUT2D eigenvalue weighted by Gasteiger charge is 2.13. The normalized spacial score (nSPS) is 10.4. The van der Waals surface area contributed by atoms with Crippen molar-refractivity contribution in [3.8, 4) is 34.4 Å². The van der Waals surface area contributed by atoms with Gasteiger partial charge in [0.25, 0.3) is 0 Å². The van der Waals surface area contributed by atoms with Crippen LogP contribution in [0.3, 0.4) is 0 Å². The van der Waals surface area contributed by atoms with Gasteiger partial charge in [0.15, 0.2) is 5.82 Å². The van der Waals surface area contributed by atoms with Crippen LogP contribution in [0.4, 0.5) is 0 Å². The number of benzene rings is 1. The van der Waals surface area contributed by atoms with Crippen molar-refractivity contribution < 1.29 is 9.84 Å². The molecule has 0 bridgehead atoms. The number of aromatic nitrogens is 5. The molecule has 7 heteroatoms. The zero-order valence-corrected chi connectivity index (χ0v) is 10.6. The Balaban J connectivity index is 2.02. The first-order valence-corrected chi connectivity index (χ1v) is 5.84. The molecule has 0 unspecified atom stereocenters. The highest BCUT2D eigenvalue weighted by atomic mass is 16.5. The van der Waals surface area contributed by atoms with Crippen LogP contribution in [0, 0.1) is 0 Å². The van der Waals surface area contributed by atoms with Crippen LogP contribution in [0.2, 0.25) is 0 Å². The molecule has 0 aliphatic rings. The Bertz CT molecular complexity index is 727. The van der Waals surface area contributed by atoms with Gasteiger partial charge < -0.3 is 9.84 Å². The molecule has 0 fully saturated rings. The Morgan fingerprint density at radius 1 is 1.25 bits per heavy atom. The van der Waals surface area contributed by atoms with Gasteiger partial charge in [-0.2, -0.15) is 5.10 Å². The number of methoxy groups -OCH3 is 1. The summed E-state index contributed by atoms with van der Waals surface area (Å²) >= 11 is 0. The number of nitrogens with one attached hydrogen (secondary N) is 1. The molecule has 7 nitrogen and oxygen atoms in total. The molecule has 3 rings (SSSR count). The van der Waals surface area contributed by atoms with Crippen LogP contribution < -0.4 is 4.74 Å². The summed E-state index contributed by atoms with van der Waals surface area (Å²) in [5, 5.41) is 16.7. The first-order chi connectivity index (χ1) is 9.78. The second-order valence-electron chi connectivity index (χ2n) is 3.98. The monoisotopic (exact) mass is 269 g/mol. The van der Waals surface area contributed by atoms with Gasteiger partial charge in [0.1, 0.15) is 17.2 Å². The zero-order chi connectivity index (χ0) is 13.9. The van der Waals surface area contributed by atoms with E-state index < -0.39 is 0 Å². The van der Waals surface area contributed by atoms with Crippen LogP contribution in [0.1, 0.15) is 0 Å². The summed E-state index contributed by atoms with van der Waals surface area (Å²) in [6.07, 6.45) is 4.71. The molecule has 0 aliphatic heterocycles. The molecule has 2 aromatic heterocycles. The van der Waals surface area contributed by atoms with Crippen molar-refractivity contribution in [1.29, 1.82) is 0 Å². The smallest absolute Gasteiger partial charge is 0.201 e. The lowest BCUT2D eigenvalue weighted by atomic mass is 10.2. The minimum Gasteiger partial charge on any atom is -0.507 e. The van der Waals surface area contributed by atoms with Gasteiger partial charge in [0.2, 0.25) is 5.82 Å². The lowest BCUT2D eigenvalue weighted by Crippen LogP contribution is -1.87. The van der Waals surface area contributed by atoms with E-state index in [1.807, 2.05) is 0 Å². The van der Waals surface area contributed by atoms with Crippen LogP contribution in [0.5, 0.6) is 11.5 Å². The van der Waals surface area contributed by atoms with Gasteiger partial charge in [-0.3, -0.25) is 10.1 Å². The first-order valence-electron chi connectivity index (χ1n) is 5.84. The fraction of sp³-hybridized carbons (Fsp3) is 0.0769. The fourth-order valence-electron chi connectivity index (χ4n) is 1.74. The molecular formula is C13H11N5O2. The summed E-state index contributed by atoms with van der Waals surface area (Å²) in [7, 11) is 1.56. The van der Waals surface area contributed by atoms with E-state index in [4.69, 9.17) is 4.74 Å². The second kappa shape index (κ2) is 4.96. The van der Waals surface area contributed by atoms with Crippen LogP contribution in [0.25, 0.3) is 22.9 Å². The number of ether oxygens (including phenoxy) is 1. The first kappa shape index (κ1) is 12.1. The highest BCUT2D eigenvalue weighted by Crippen LogP contribution is 2.30. The zero-order valence-electron chi connectivity index (χ0n) is 10.6. The third-order valence-electron chi connectivity index (χ3n) is 2.74. The molecule has 0 atom stereocenters. The summed E-state index contributed by atoms with van der Waals surface area (Å²) in [4.78, 5) is 12.4. The minimum atomic E-state index is 0.0904. The van der Waals surface area contributed by atoms with E-state index in [9.17, 15) is 5.11 Å². The lowest BCUT2D eigenvalue weighted by Gasteiger charge is -2.04. The van der Waals surface area contributed by atoms with E-state index in [2.05, 4.69) is 25.1 Å². The van der Waals surface area contributed by atoms with Gasteiger partial charge in [-0.1, -0.05) is 0 Å². The number of phenols is 1. The average Bonchev–Trinajstić information content (AvgIpc) is 2.98. The van der Waals surface area contributed by atoms with Crippen LogP contribution in [0.15, 0.2) is 36.8 Å². The Labute approximate surface area is 114 Å². The van der Waals surface area contributed by atoms with Crippen molar-refractivity contribution in [2.24, 2.45) is 0 Å². The fourth-order valence-corrected chi connectivity index (χ4v) is 1.74. The van der Waals surface area contributed by atoms with Crippen LogP contribution >= 0.6 is 0 Å². The summed E-state index contributed by atoms with van der Waals surface area (Å²) in [6.45, 7) is 0. The summed E-state index contributed by atoms with van der Waals surface area (Å²) in [5.74, 6) is 1.56. The number of H-pyrrole nitrogens is 1. The number of aromatic hydroxyl groups is 1. The third-order valence-corrected chi connectivity index (χ3v) is 2.74. The van der Waals surface area contributed by atoms with E-state index in [0.717, 1.165) is 0 Å². The number of phenolic OH excluding ortho intramolecular Hbond substituents is 1. The highest BCUT2D eigenvalue weighted by molar-refractivity contribution is 5.67. The number of hydrogen-bond donors (Lipinski definition) is 2. The van der Waals surface area contributed by atoms with Crippen LogP contribution in [-0.4, -0.2) is 37.4 Å². The number of aromatic amines is 1. The van der Waals surface area contributed by atoms with E-state index >= 15 is 0 Å². The summed E-state index contributed by atoms with van der Waals surface area (Å²) in [6, 6.07) is 4.88. The number of rotatable bonds is 3. The molecule has 0 spiro atoms. The van der Waals surface area contributed by atoms with E-state index in [0.29, 0.717) is 28.7 Å². The van der Waals surface area contributed by atoms with Crippen molar-refractivity contribution in [3.63, 3.8) is 0 Å². The molecule has 0 saturated carbocycles. The summed E-state index contributed by atoms with van der Waals surface area (Å²) in [5.41, 5.74) is 1.06. The lowest BCUT2D eigenvalue weighted by molar-refractivity contribution is 0.412. The van der Waals surface area contributed by atoms with E-state index in [1.54, 1.807) is 43.9 Å². The SMILES string of the molecule is COc1ccc(O)c(-c2nc(-c3cnccn3)n[nH]2)c1. The molecule has 1 aromatic carbocycles. The predicted molar refractivity (Wildman–Crippen MR) is 71.1 cm³/mol. The molecule has 0 aliphatic carbocycles. The van der Waals surface area contributed by atoms with Gasteiger partial charge >= 0.3 is 0 Å². The largest absolute Gasteiger partial charge is 0.507 e. The van der Waals surface area contributed by atoms with Gasteiger partial charge in [0.05, 0.1) is 18.9 Å². The third kappa shape index (κ3) is 2.16. The molecule has 2 heterocycles. The Kier molecular flexibility index (Phi) is 3.00. The molecule has 0 amide bonds. The maximum Gasteiger partial charge on any atom is 0.201 e. The maximum atomic E-state index is 9.89. The molecular weight excluding hydrogens is 258 g/mol. The minimum absolute atomic E-state index is 0.0904. The molecule has 0 radical (unpaired) electrons. The summed E-state index contributed by atoms with van der Waals surface area (Å²) < 4.78 is 5.13. The molecule has 0 saturated heterocycles. The number of nitrogens with zero attached hydrogens (tertiary/aromatic N) is 4. The Hall–Kier alpha value is -2.96. The van der Waals surface area contributed by atoms with E-state index in [1.165, 1.54) is 0 Å². The Morgan fingerprint density at radius 2 is 2.15 bits per heavy atom. The average molecular weight is 269 g/mol. The van der Waals surface area contributed by atoms with E-state index in [-0.39, 0.29) is 5.75 Å². The quantitative estimate of drug-likeness (QED) is 0.750. The van der Waals surface area contributed by atoms with Gasteiger partial charge in [-0.25, -0.2) is 9.97 Å². The second-order valence-corrected chi connectivity index (χ2v) is 3.98. The molecule has 2 N–H and O–H groups in total. The van der Waals surface area contributed by atoms with Gasteiger partial charge in [0, 0.05) is 12.4 Å². The standard InChI is InChI=1S/C13H11N5O2/c1-20-8-2-3-11(19)9(6-8)12-16-13(18-17-12)10-7-14-4-5-15-10/h2-7,19H,1H3,(H,16,17,18). The topological polar surface area (TPSA) is 96.8 Å². The predicted octanol–water partition coefficient (Wildman–Crippen LogP) is 1.64. The maximum absolute atomic E-state index is 9.89. The molecule has 100 valence electrons. The van der Waals surface area contributed by atoms with Gasteiger partial charge in [-0.05, 0) is 18.2 Å².